The summed E-state index contributed by atoms with van der Waals surface area (Å²) in [6.45, 7) is 6.52. The number of hydrogen-bond acceptors (Lipinski definition) is 2. The molecular weight excluding hydrogens is 404 g/mol. The average Bonchev–Trinajstić information content (AvgIpc) is 3.41. The molecule has 0 amide bonds. The second-order valence-electron chi connectivity index (χ2n) is 8.83. The highest BCUT2D eigenvalue weighted by atomic mass is 15.1. The lowest BCUT2D eigenvalue weighted by atomic mass is 10.0. The average molecular weight is 433 g/mol. The van der Waals surface area contributed by atoms with Crippen LogP contribution >= 0.6 is 0 Å². The number of imidazole rings is 2. The van der Waals surface area contributed by atoms with Gasteiger partial charge in [-0.05, 0) is 43.5 Å². The Morgan fingerprint density at radius 3 is 2.18 bits per heavy atom. The van der Waals surface area contributed by atoms with Gasteiger partial charge in [-0.25, -0.2) is 9.97 Å². The van der Waals surface area contributed by atoms with Crippen LogP contribution in [0.5, 0.6) is 0 Å². The standard InChI is InChI=1S/C29H28N4/c1-20-13-21(2)29(22(3)14-20)33-18-27(24-10-6-5-7-11-24)31-28(33)16-23-9-8-12-25(15-23)26-17-32(4)19-30-26/h5-15,17-19H,16H2,1-4H3. The fraction of sp³-hybridized carbons (Fsp3) is 0.172. The molecule has 2 heterocycles. The van der Waals surface area contributed by atoms with Crippen molar-refractivity contribution in [3.8, 4) is 28.2 Å². The molecule has 0 aliphatic heterocycles. The molecule has 0 radical (unpaired) electrons. The minimum Gasteiger partial charge on any atom is -0.340 e. The molecule has 0 N–H and O–H groups in total. The summed E-state index contributed by atoms with van der Waals surface area (Å²) in [6, 6.07) is 23.5. The third-order valence-corrected chi connectivity index (χ3v) is 6.01. The first kappa shape index (κ1) is 21.0. The number of aryl methyl sites for hydroxylation is 4. The Morgan fingerprint density at radius 2 is 1.48 bits per heavy atom. The van der Waals surface area contributed by atoms with Crippen molar-refractivity contribution < 1.29 is 0 Å². The van der Waals surface area contributed by atoms with Crippen LogP contribution in [0.15, 0.2) is 85.5 Å². The van der Waals surface area contributed by atoms with E-state index in [9.17, 15) is 0 Å². The third kappa shape index (κ3) is 4.24. The van der Waals surface area contributed by atoms with Crippen LogP contribution in [0.25, 0.3) is 28.2 Å². The summed E-state index contributed by atoms with van der Waals surface area (Å²) in [5.74, 6) is 1.03. The van der Waals surface area contributed by atoms with Gasteiger partial charge in [0.05, 0.1) is 23.4 Å². The predicted octanol–water partition coefficient (Wildman–Crippen LogP) is 6.46. The maximum Gasteiger partial charge on any atom is 0.118 e. The number of benzene rings is 3. The summed E-state index contributed by atoms with van der Waals surface area (Å²) in [7, 11) is 1.99. The van der Waals surface area contributed by atoms with E-state index in [0.29, 0.717) is 0 Å². The maximum absolute atomic E-state index is 5.11. The van der Waals surface area contributed by atoms with E-state index in [4.69, 9.17) is 4.98 Å². The number of rotatable bonds is 5. The first-order valence-electron chi connectivity index (χ1n) is 11.3. The molecule has 0 saturated heterocycles. The zero-order valence-corrected chi connectivity index (χ0v) is 19.6. The van der Waals surface area contributed by atoms with E-state index in [1.54, 1.807) is 0 Å². The molecule has 4 nitrogen and oxygen atoms in total. The van der Waals surface area contributed by atoms with Crippen molar-refractivity contribution in [3.05, 3.63) is 114 Å². The molecule has 2 aromatic heterocycles. The van der Waals surface area contributed by atoms with E-state index < -0.39 is 0 Å². The molecule has 0 saturated carbocycles. The van der Waals surface area contributed by atoms with Crippen molar-refractivity contribution in [2.24, 2.45) is 7.05 Å². The van der Waals surface area contributed by atoms with Crippen molar-refractivity contribution in [3.63, 3.8) is 0 Å². The van der Waals surface area contributed by atoms with Crippen molar-refractivity contribution in [2.45, 2.75) is 27.2 Å². The SMILES string of the molecule is Cc1cc(C)c(-n2cc(-c3ccccc3)nc2Cc2cccc(-c3cn(C)cn3)c2)c(C)c1. The highest BCUT2D eigenvalue weighted by Crippen LogP contribution is 2.28. The molecule has 5 aromatic rings. The molecule has 33 heavy (non-hydrogen) atoms. The van der Waals surface area contributed by atoms with Gasteiger partial charge in [-0.1, -0.05) is 66.2 Å². The quantitative estimate of drug-likeness (QED) is 0.320. The van der Waals surface area contributed by atoms with Gasteiger partial charge in [0.25, 0.3) is 0 Å². The van der Waals surface area contributed by atoms with Crippen molar-refractivity contribution in [1.29, 1.82) is 0 Å². The Kier molecular flexibility index (Phi) is 5.43. The Hall–Kier alpha value is -3.92. The topological polar surface area (TPSA) is 35.6 Å². The lowest BCUT2D eigenvalue weighted by Gasteiger charge is -2.15. The van der Waals surface area contributed by atoms with Crippen LogP contribution in [0.3, 0.4) is 0 Å². The smallest absolute Gasteiger partial charge is 0.118 e. The van der Waals surface area contributed by atoms with Gasteiger partial charge < -0.3 is 9.13 Å². The molecule has 5 rings (SSSR count). The molecule has 0 fully saturated rings. The summed E-state index contributed by atoms with van der Waals surface area (Å²) in [5, 5.41) is 0. The van der Waals surface area contributed by atoms with E-state index in [1.807, 2.05) is 30.2 Å². The molecule has 0 spiro atoms. The van der Waals surface area contributed by atoms with Crippen molar-refractivity contribution in [1.82, 2.24) is 19.1 Å². The monoisotopic (exact) mass is 432 g/mol. The van der Waals surface area contributed by atoms with Gasteiger partial charge >= 0.3 is 0 Å². The van der Waals surface area contributed by atoms with E-state index in [2.05, 4.69) is 97.2 Å². The van der Waals surface area contributed by atoms with Crippen LogP contribution in [-0.4, -0.2) is 19.1 Å². The van der Waals surface area contributed by atoms with Gasteiger partial charge in [0.2, 0.25) is 0 Å². The van der Waals surface area contributed by atoms with Crippen molar-refractivity contribution in [2.75, 3.05) is 0 Å². The van der Waals surface area contributed by atoms with E-state index in [1.165, 1.54) is 27.9 Å². The van der Waals surface area contributed by atoms with Crippen LogP contribution in [0, 0.1) is 20.8 Å². The first-order valence-corrected chi connectivity index (χ1v) is 11.3. The Morgan fingerprint density at radius 1 is 0.758 bits per heavy atom. The second kappa shape index (κ2) is 8.55. The lowest BCUT2D eigenvalue weighted by Crippen LogP contribution is -2.05. The third-order valence-electron chi connectivity index (χ3n) is 6.01. The molecule has 0 atom stereocenters. The van der Waals surface area contributed by atoms with E-state index >= 15 is 0 Å². The molecule has 3 aromatic carbocycles. The Labute approximate surface area is 195 Å². The maximum atomic E-state index is 5.11. The predicted molar refractivity (Wildman–Crippen MR) is 135 cm³/mol. The van der Waals surface area contributed by atoms with E-state index in [-0.39, 0.29) is 0 Å². The largest absolute Gasteiger partial charge is 0.340 e. The zero-order chi connectivity index (χ0) is 22.9. The summed E-state index contributed by atoms with van der Waals surface area (Å²) >= 11 is 0. The molecule has 0 bridgehead atoms. The zero-order valence-electron chi connectivity index (χ0n) is 19.6. The van der Waals surface area contributed by atoms with Gasteiger partial charge in [-0.3, -0.25) is 0 Å². The minimum absolute atomic E-state index is 0.736. The highest BCUT2D eigenvalue weighted by Gasteiger charge is 2.16. The molecule has 4 heteroatoms. The van der Waals surface area contributed by atoms with Gasteiger partial charge in [-0.15, -0.1) is 0 Å². The number of hydrogen-bond donors (Lipinski definition) is 0. The minimum atomic E-state index is 0.736. The van der Waals surface area contributed by atoms with Crippen molar-refractivity contribution >= 4 is 0 Å². The van der Waals surface area contributed by atoms with Crippen LogP contribution in [0.2, 0.25) is 0 Å². The highest BCUT2D eigenvalue weighted by molar-refractivity contribution is 5.62. The van der Waals surface area contributed by atoms with Crippen LogP contribution in [0.1, 0.15) is 28.1 Å². The summed E-state index contributed by atoms with van der Waals surface area (Å²) in [4.78, 5) is 9.62. The number of aromatic nitrogens is 4. The summed E-state index contributed by atoms with van der Waals surface area (Å²) < 4.78 is 4.25. The lowest BCUT2D eigenvalue weighted by molar-refractivity contribution is 0.900. The first-order chi connectivity index (χ1) is 16.0. The molecule has 0 aliphatic carbocycles. The second-order valence-corrected chi connectivity index (χ2v) is 8.83. The summed E-state index contributed by atoms with van der Waals surface area (Å²) in [5.41, 5.74) is 10.4. The fourth-order valence-corrected chi connectivity index (χ4v) is 4.62. The fourth-order valence-electron chi connectivity index (χ4n) is 4.62. The van der Waals surface area contributed by atoms with Gasteiger partial charge in [0, 0.05) is 37.0 Å². The molecule has 0 aliphatic rings. The van der Waals surface area contributed by atoms with Crippen LogP contribution in [-0.2, 0) is 13.5 Å². The number of nitrogens with zero attached hydrogens (tertiary/aromatic N) is 4. The van der Waals surface area contributed by atoms with Gasteiger partial charge in [-0.2, -0.15) is 0 Å². The molecule has 0 unspecified atom stereocenters. The Bertz CT molecular complexity index is 1400. The van der Waals surface area contributed by atoms with Crippen LogP contribution in [0.4, 0.5) is 0 Å². The van der Waals surface area contributed by atoms with Gasteiger partial charge in [0.1, 0.15) is 5.82 Å². The Balaban J connectivity index is 1.61. The normalized spacial score (nSPS) is 11.2. The van der Waals surface area contributed by atoms with Gasteiger partial charge in [0.15, 0.2) is 0 Å². The molecular formula is C29H28N4. The van der Waals surface area contributed by atoms with Crippen LogP contribution < -0.4 is 0 Å². The van der Waals surface area contributed by atoms with E-state index in [0.717, 1.165) is 34.8 Å². The summed E-state index contributed by atoms with van der Waals surface area (Å²) in [6.07, 6.45) is 6.80. The molecule has 164 valence electrons.